The van der Waals surface area contributed by atoms with Gasteiger partial charge in [-0.3, -0.25) is 0 Å². The number of hydrogen-bond donors (Lipinski definition) is 1. The van der Waals surface area contributed by atoms with Gasteiger partial charge in [0.25, 0.3) is 0 Å². The Kier molecular flexibility index (Phi) is 2.70. The van der Waals surface area contributed by atoms with Crippen LogP contribution in [0, 0.1) is 0 Å². The summed E-state index contributed by atoms with van der Waals surface area (Å²) in [6.07, 6.45) is 2.32. The van der Waals surface area contributed by atoms with Crippen LogP contribution >= 0.6 is 15.9 Å². The first-order valence-electron chi connectivity index (χ1n) is 6.45. The highest BCUT2D eigenvalue weighted by Gasteiger charge is 2.24. The fourth-order valence-corrected chi connectivity index (χ4v) is 2.54. The lowest BCUT2D eigenvalue weighted by Crippen LogP contribution is -2.00. The Hall–Kier alpha value is -1.95. The van der Waals surface area contributed by atoms with Crippen molar-refractivity contribution in [3.8, 4) is 11.5 Å². The molecule has 1 aromatic carbocycles. The highest BCUT2D eigenvalue weighted by Crippen LogP contribution is 2.29. The van der Waals surface area contributed by atoms with E-state index >= 15 is 0 Å². The van der Waals surface area contributed by atoms with Crippen molar-refractivity contribution >= 4 is 32.8 Å². The third-order valence-corrected chi connectivity index (χ3v) is 3.82. The van der Waals surface area contributed by atoms with Crippen LogP contribution in [0.5, 0.6) is 0 Å². The smallest absolute Gasteiger partial charge is 0.322 e. The van der Waals surface area contributed by atoms with Crippen LogP contribution in [0.3, 0.4) is 0 Å². The van der Waals surface area contributed by atoms with Gasteiger partial charge in [-0.1, -0.05) is 23.4 Å². The fourth-order valence-electron chi connectivity index (χ4n) is 2.03. The topological polar surface area (TPSA) is 63.8 Å². The van der Waals surface area contributed by atoms with Gasteiger partial charge in [-0.25, -0.2) is 4.98 Å². The molecule has 1 fully saturated rings. The van der Waals surface area contributed by atoms with Crippen molar-refractivity contribution < 1.29 is 4.52 Å². The minimum absolute atomic E-state index is 0.462. The van der Waals surface area contributed by atoms with Crippen LogP contribution in [0.1, 0.15) is 12.8 Å². The highest BCUT2D eigenvalue weighted by atomic mass is 79.9. The highest BCUT2D eigenvalue weighted by molar-refractivity contribution is 9.10. The van der Waals surface area contributed by atoms with Crippen molar-refractivity contribution in [3.63, 3.8) is 0 Å². The van der Waals surface area contributed by atoms with Crippen LogP contribution in [0.25, 0.3) is 22.4 Å². The fraction of sp³-hybridized carbons (Fsp3) is 0.214. The molecule has 0 saturated heterocycles. The summed E-state index contributed by atoms with van der Waals surface area (Å²) < 4.78 is 6.06. The molecule has 4 rings (SSSR count). The van der Waals surface area contributed by atoms with Gasteiger partial charge in [-0.05, 0) is 40.9 Å². The number of benzene rings is 1. The van der Waals surface area contributed by atoms with E-state index in [-0.39, 0.29) is 0 Å². The summed E-state index contributed by atoms with van der Waals surface area (Å²) in [5, 5.41) is 8.25. The largest absolute Gasteiger partial charge is 0.335 e. The minimum atomic E-state index is 0.462. The lowest BCUT2D eigenvalue weighted by Gasteiger charge is -2.02. The van der Waals surface area contributed by atoms with Crippen molar-refractivity contribution in [2.24, 2.45) is 0 Å². The van der Waals surface area contributed by atoms with Crippen LogP contribution in [0.2, 0.25) is 0 Å². The number of rotatable bonds is 3. The zero-order valence-corrected chi connectivity index (χ0v) is 12.1. The zero-order valence-electron chi connectivity index (χ0n) is 10.5. The monoisotopic (exact) mass is 330 g/mol. The number of fused-ring (bicyclic) bond motifs is 1. The molecule has 1 aliphatic carbocycles. The molecular weight excluding hydrogens is 320 g/mol. The van der Waals surface area contributed by atoms with Gasteiger partial charge in [0, 0.05) is 15.9 Å². The lowest BCUT2D eigenvalue weighted by atomic mass is 10.2. The Bertz CT molecular complexity index is 782. The number of aromatic nitrogens is 3. The lowest BCUT2D eigenvalue weighted by molar-refractivity contribution is 0.431. The summed E-state index contributed by atoms with van der Waals surface area (Å²) >= 11 is 3.52. The van der Waals surface area contributed by atoms with Crippen LogP contribution in [-0.2, 0) is 0 Å². The van der Waals surface area contributed by atoms with Gasteiger partial charge in [0.2, 0.25) is 5.82 Å². The molecule has 0 bridgehead atoms. The van der Waals surface area contributed by atoms with Crippen molar-refractivity contribution in [2.75, 3.05) is 5.32 Å². The maximum Gasteiger partial charge on any atom is 0.322 e. The molecule has 0 unspecified atom stereocenters. The third kappa shape index (κ3) is 2.16. The molecule has 0 spiro atoms. The van der Waals surface area contributed by atoms with Gasteiger partial charge in [0.15, 0.2) is 0 Å². The summed E-state index contributed by atoms with van der Waals surface area (Å²) in [5.74, 6) is 0.491. The summed E-state index contributed by atoms with van der Waals surface area (Å²) in [6, 6.07) is 10.9. The third-order valence-electron chi connectivity index (χ3n) is 3.22. The molecule has 1 aliphatic rings. The molecule has 0 radical (unpaired) electrons. The molecule has 100 valence electrons. The molecule has 20 heavy (non-hydrogen) atoms. The first kappa shape index (κ1) is 11.8. The second-order valence-electron chi connectivity index (χ2n) is 4.85. The average molecular weight is 331 g/mol. The molecule has 6 heteroatoms. The number of hydrogen-bond acceptors (Lipinski definition) is 5. The summed E-state index contributed by atoms with van der Waals surface area (Å²) in [7, 11) is 0. The molecule has 2 heterocycles. The molecular formula is C14H11BrN4O. The van der Waals surface area contributed by atoms with E-state index in [1.165, 1.54) is 0 Å². The maximum absolute atomic E-state index is 5.20. The SMILES string of the molecule is Brc1cc2ccccc2nc1-c1noc(NC2CC2)n1. The van der Waals surface area contributed by atoms with E-state index in [4.69, 9.17) is 4.52 Å². The maximum atomic E-state index is 5.20. The van der Waals surface area contributed by atoms with Crippen LogP contribution in [0.15, 0.2) is 39.3 Å². The number of pyridine rings is 1. The van der Waals surface area contributed by atoms with E-state index in [0.717, 1.165) is 28.2 Å². The molecule has 5 nitrogen and oxygen atoms in total. The minimum Gasteiger partial charge on any atom is -0.335 e. The summed E-state index contributed by atoms with van der Waals surface area (Å²) in [6.45, 7) is 0. The molecule has 2 aromatic heterocycles. The van der Waals surface area contributed by atoms with E-state index in [1.54, 1.807) is 0 Å². The van der Waals surface area contributed by atoms with Gasteiger partial charge in [0.05, 0.1) is 5.52 Å². The Labute approximate surface area is 123 Å². The zero-order chi connectivity index (χ0) is 13.5. The van der Waals surface area contributed by atoms with E-state index in [0.29, 0.717) is 23.6 Å². The summed E-state index contributed by atoms with van der Waals surface area (Å²) in [5.41, 5.74) is 1.60. The second kappa shape index (κ2) is 4.56. The first-order valence-corrected chi connectivity index (χ1v) is 7.25. The molecule has 0 amide bonds. The molecule has 1 saturated carbocycles. The number of halogens is 1. The molecule has 3 aromatic rings. The van der Waals surface area contributed by atoms with E-state index in [1.807, 2.05) is 30.3 Å². The number of nitrogens with one attached hydrogen (secondary N) is 1. The van der Waals surface area contributed by atoms with Gasteiger partial charge < -0.3 is 9.84 Å². The van der Waals surface area contributed by atoms with Crippen molar-refractivity contribution in [2.45, 2.75) is 18.9 Å². The first-order chi connectivity index (χ1) is 9.79. The second-order valence-corrected chi connectivity index (χ2v) is 5.71. The number of anilines is 1. The van der Waals surface area contributed by atoms with Crippen molar-refractivity contribution in [1.29, 1.82) is 0 Å². The Morgan fingerprint density at radius 2 is 2.05 bits per heavy atom. The molecule has 0 atom stereocenters. The van der Waals surface area contributed by atoms with Gasteiger partial charge >= 0.3 is 6.01 Å². The van der Waals surface area contributed by atoms with E-state index < -0.39 is 0 Å². The van der Waals surface area contributed by atoms with E-state index in [2.05, 4.69) is 36.4 Å². The Morgan fingerprint density at radius 3 is 2.90 bits per heavy atom. The number of para-hydroxylation sites is 1. The van der Waals surface area contributed by atoms with Crippen LogP contribution in [-0.4, -0.2) is 21.2 Å². The predicted molar refractivity (Wildman–Crippen MR) is 79.4 cm³/mol. The predicted octanol–water partition coefficient (Wildman–Crippen LogP) is 3.62. The van der Waals surface area contributed by atoms with Gasteiger partial charge in [-0.15, -0.1) is 0 Å². The normalized spacial score (nSPS) is 14.7. The van der Waals surface area contributed by atoms with Crippen molar-refractivity contribution in [1.82, 2.24) is 15.1 Å². The molecule has 1 N–H and O–H groups in total. The van der Waals surface area contributed by atoms with Crippen molar-refractivity contribution in [3.05, 3.63) is 34.8 Å². The summed E-state index contributed by atoms with van der Waals surface area (Å²) in [4.78, 5) is 8.94. The van der Waals surface area contributed by atoms with E-state index in [9.17, 15) is 0 Å². The standard InChI is InChI=1S/C14H11BrN4O/c15-10-7-8-3-1-2-4-11(8)17-12(10)13-18-14(20-19-13)16-9-5-6-9/h1-4,7,9H,5-6H2,(H,16,18,19). The van der Waals surface area contributed by atoms with Crippen LogP contribution < -0.4 is 5.32 Å². The Morgan fingerprint density at radius 1 is 1.20 bits per heavy atom. The average Bonchev–Trinajstić information content (AvgIpc) is 3.14. The van der Waals surface area contributed by atoms with Gasteiger partial charge in [0.1, 0.15) is 5.69 Å². The Balaban J connectivity index is 1.76. The quantitative estimate of drug-likeness (QED) is 0.794. The molecule has 0 aliphatic heterocycles. The van der Waals surface area contributed by atoms with Crippen LogP contribution in [0.4, 0.5) is 6.01 Å². The van der Waals surface area contributed by atoms with Gasteiger partial charge in [-0.2, -0.15) is 4.98 Å². The number of nitrogens with zero attached hydrogens (tertiary/aromatic N) is 3.